The van der Waals surface area contributed by atoms with Gasteiger partial charge in [-0.1, -0.05) is 0 Å². The molecule has 0 bridgehead atoms. The number of aromatic nitrogens is 1. The lowest BCUT2D eigenvalue weighted by Gasteiger charge is -1.96. The molecule has 0 spiro atoms. The van der Waals surface area contributed by atoms with Gasteiger partial charge >= 0.3 is 0 Å². The first-order chi connectivity index (χ1) is 11.1. The van der Waals surface area contributed by atoms with Crippen LogP contribution in [0, 0.1) is 10.1 Å². The summed E-state index contributed by atoms with van der Waals surface area (Å²) in [6.07, 6.45) is 2.97. The molecule has 2 heterocycles. The van der Waals surface area contributed by atoms with Crippen molar-refractivity contribution in [3.63, 3.8) is 0 Å². The van der Waals surface area contributed by atoms with E-state index in [2.05, 4.69) is 9.98 Å². The molecule has 7 heteroatoms. The molecule has 7 nitrogen and oxygen atoms in total. The maximum atomic E-state index is 11.7. The molecule has 1 aromatic carbocycles. The number of nitrogens with one attached hydrogen (secondary N) is 1. The number of aromatic amines is 1. The summed E-state index contributed by atoms with van der Waals surface area (Å²) in [7, 11) is 0. The van der Waals surface area contributed by atoms with Crippen LogP contribution in [0.5, 0.6) is 0 Å². The lowest BCUT2D eigenvalue weighted by Crippen LogP contribution is -1.95. The number of hydrogen-bond donors (Lipinski definition) is 1. The number of rotatable bonds is 4. The highest BCUT2D eigenvalue weighted by Crippen LogP contribution is 2.24. The molecule has 114 valence electrons. The van der Waals surface area contributed by atoms with E-state index in [1.165, 1.54) is 18.3 Å². The summed E-state index contributed by atoms with van der Waals surface area (Å²) < 4.78 is 5.56. The summed E-state index contributed by atoms with van der Waals surface area (Å²) in [5, 5.41) is 10.6. The number of non-ortho nitro benzene ring substituents is 1. The van der Waals surface area contributed by atoms with Crippen molar-refractivity contribution in [2.24, 2.45) is 4.99 Å². The number of carbonyl (C=O) groups is 1. The minimum Gasteiger partial charge on any atom is -0.455 e. The van der Waals surface area contributed by atoms with Crippen molar-refractivity contribution >= 4 is 17.8 Å². The van der Waals surface area contributed by atoms with Crippen LogP contribution in [0.4, 0.5) is 5.69 Å². The number of nitrogens with zero attached hydrogens (tertiary/aromatic N) is 2. The zero-order chi connectivity index (χ0) is 16.2. The van der Waals surface area contributed by atoms with Crippen LogP contribution >= 0.6 is 0 Å². The Labute approximate surface area is 130 Å². The quantitative estimate of drug-likeness (QED) is 0.453. The van der Waals surface area contributed by atoms with Crippen LogP contribution < -0.4 is 0 Å². The molecule has 0 radical (unpaired) electrons. The van der Waals surface area contributed by atoms with E-state index in [1.807, 2.05) is 0 Å². The van der Waals surface area contributed by atoms with Crippen LogP contribution in [-0.4, -0.2) is 22.0 Å². The Morgan fingerprint density at radius 2 is 1.96 bits per heavy atom. The smallest absolute Gasteiger partial charge is 0.293 e. The largest absolute Gasteiger partial charge is 0.455 e. The minimum absolute atomic E-state index is 0.0126. The zero-order valence-electron chi connectivity index (χ0n) is 11.8. The van der Waals surface area contributed by atoms with Gasteiger partial charge in [0.25, 0.3) is 11.6 Å². The average Bonchev–Trinajstić information content (AvgIpc) is 3.24. The molecule has 0 aliphatic carbocycles. The van der Waals surface area contributed by atoms with Crippen LogP contribution in [0.1, 0.15) is 16.2 Å². The highest BCUT2D eigenvalue weighted by atomic mass is 16.6. The predicted octanol–water partition coefficient (Wildman–Crippen LogP) is 3.44. The number of aliphatic imine (C=N–C) groups is 1. The second kappa shape index (κ2) is 6.10. The zero-order valence-corrected chi connectivity index (χ0v) is 11.8. The average molecular weight is 309 g/mol. The number of nitro benzene ring substituents is 1. The first-order valence-electron chi connectivity index (χ1n) is 6.70. The fourth-order valence-corrected chi connectivity index (χ4v) is 1.98. The molecule has 0 atom stereocenters. The van der Waals surface area contributed by atoms with E-state index in [0.29, 0.717) is 22.8 Å². The van der Waals surface area contributed by atoms with Crippen LogP contribution in [-0.2, 0) is 0 Å². The minimum atomic E-state index is -0.462. The lowest BCUT2D eigenvalue weighted by atomic mass is 10.1. The van der Waals surface area contributed by atoms with Gasteiger partial charge in [-0.25, -0.2) is 4.99 Å². The Kier molecular flexibility index (Phi) is 3.84. The van der Waals surface area contributed by atoms with Crippen molar-refractivity contribution in [2.75, 3.05) is 0 Å². The maximum Gasteiger partial charge on any atom is 0.293 e. The number of nitro groups is 1. The van der Waals surface area contributed by atoms with Gasteiger partial charge in [-0.2, -0.15) is 0 Å². The van der Waals surface area contributed by atoms with E-state index in [4.69, 9.17) is 4.42 Å². The summed E-state index contributed by atoms with van der Waals surface area (Å²) >= 11 is 0. The topological polar surface area (TPSA) is 102 Å². The molecule has 1 amide bonds. The van der Waals surface area contributed by atoms with E-state index in [0.717, 1.165) is 0 Å². The molecule has 3 rings (SSSR count). The Hall–Kier alpha value is -3.48. The van der Waals surface area contributed by atoms with Crippen molar-refractivity contribution in [1.29, 1.82) is 0 Å². The fourth-order valence-electron chi connectivity index (χ4n) is 1.98. The summed E-state index contributed by atoms with van der Waals surface area (Å²) in [5.74, 6) is 0.551. The molecule has 0 saturated carbocycles. The molecule has 0 fully saturated rings. The molecule has 3 aromatic rings. The Balaban J connectivity index is 1.75. The molecule has 0 unspecified atom stereocenters. The number of amides is 1. The van der Waals surface area contributed by atoms with Gasteiger partial charge in [0.1, 0.15) is 17.2 Å². The van der Waals surface area contributed by atoms with Gasteiger partial charge in [0.2, 0.25) is 0 Å². The SMILES string of the molecule is O=C(N=Cc1ccc(-c2ccc([N+](=O)[O-])cc2)o1)c1ccc[nH]1. The van der Waals surface area contributed by atoms with Gasteiger partial charge in [0, 0.05) is 23.9 Å². The van der Waals surface area contributed by atoms with E-state index < -0.39 is 10.8 Å². The number of carbonyl (C=O) groups excluding carboxylic acids is 1. The molecule has 0 aliphatic rings. The van der Waals surface area contributed by atoms with Gasteiger partial charge in [-0.15, -0.1) is 0 Å². The van der Waals surface area contributed by atoms with Crippen LogP contribution in [0.25, 0.3) is 11.3 Å². The number of furan rings is 1. The van der Waals surface area contributed by atoms with Crippen molar-refractivity contribution in [3.8, 4) is 11.3 Å². The van der Waals surface area contributed by atoms with E-state index >= 15 is 0 Å². The van der Waals surface area contributed by atoms with Crippen LogP contribution in [0.15, 0.2) is 64.1 Å². The molecular formula is C16H11N3O4. The number of benzene rings is 1. The van der Waals surface area contributed by atoms with Crippen molar-refractivity contribution in [1.82, 2.24) is 4.98 Å². The van der Waals surface area contributed by atoms with Gasteiger partial charge in [0.05, 0.1) is 11.1 Å². The first-order valence-corrected chi connectivity index (χ1v) is 6.70. The standard InChI is InChI=1S/C16H11N3O4/c20-16(14-2-1-9-17-14)18-10-13-7-8-15(23-13)11-3-5-12(6-4-11)19(21)22/h1-10,17H. The molecule has 2 aromatic heterocycles. The molecule has 0 saturated heterocycles. The fraction of sp³-hybridized carbons (Fsp3) is 0. The Bertz CT molecular complexity index is 861. The van der Waals surface area contributed by atoms with E-state index in [1.54, 1.807) is 42.6 Å². The second-order valence-electron chi connectivity index (χ2n) is 4.65. The summed E-state index contributed by atoms with van der Waals surface area (Å²) in [4.78, 5) is 28.5. The number of H-pyrrole nitrogens is 1. The lowest BCUT2D eigenvalue weighted by molar-refractivity contribution is -0.384. The highest BCUT2D eigenvalue weighted by Gasteiger charge is 2.08. The number of hydrogen-bond acceptors (Lipinski definition) is 4. The Morgan fingerprint density at radius 1 is 1.17 bits per heavy atom. The van der Waals surface area contributed by atoms with Gasteiger partial charge in [-0.05, 0) is 36.4 Å². The third kappa shape index (κ3) is 3.24. The van der Waals surface area contributed by atoms with Gasteiger partial charge in [-0.3, -0.25) is 14.9 Å². The summed E-state index contributed by atoms with van der Waals surface area (Å²) in [6, 6.07) is 12.7. The molecule has 0 aliphatic heterocycles. The molecule has 23 heavy (non-hydrogen) atoms. The maximum absolute atomic E-state index is 11.7. The van der Waals surface area contributed by atoms with Gasteiger partial charge < -0.3 is 9.40 Å². The van der Waals surface area contributed by atoms with Crippen molar-refractivity contribution in [2.45, 2.75) is 0 Å². The van der Waals surface area contributed by atoms with Crippen molar-refractivity contribution < 1.29 is 14.1 Å². The highest BCUT2D eigenvalue weighted by molar-refractivity contribution is 5.99. The Morgan fingerprint density at radius 3 is 2.61 bits per heavy atom. The predicted molar refractivity (Wildman–Crippen MR) is 83.5 cm³/mol. The molecule has 1 N–H and O–H groups in total. The van der Waals surface area contributed by atoms with Gasteiger partial charge in [0.15, 0.2) is 0 Å². The summed E-state index contributed by atoms with van der Waals surface area (Å²) in [5.41, 5.74) is 1.10. The summed E-state index contributed by atoms with van der Waals surface area (Å²) in [6.45, 7) is 0. The first kappa shape index (κ1) is 14.5. The second-order valence-corrected chi connectivity index (χ2v) is 4.65. The third-order valence-corrected chi connectivity index (χ3v) is 3.13. The van der Waals surface area contributed by atoms with Crippen molar-refractivity contribution in [3.05, 3.63) is 76.3 Å². The van der Waals surface area contributed by atoms with E-state index in [-0.39, 0.29) is 5.69 Å². The van der Waals surface area contributed by atoms with Crippen LogP contribution in [0.2, 0.25) is 0 Å². The normalized spacial score (nSPS) is 11.0. The monoisotopic (exact) mass is 309 g/mol. The molecular weight excluding hydrogens is 298 g/mol. The third-order valence-electron chi connectivity index (χ3n) is 3.13. The van der Waals surface area contributed by atoms with Crippen LogP contribution in [0.3, 0.4) is 0 Å². The van der Waals surface area contributed by atoms with E-state index in [9.17, 15) is 14.9 Å².